The maximum Gasteiger partial charge on any atom is 0.216 e. The molecule has 3 nitrogen and oxygen atoms in total. The van der Waals surface area contributed by atoms with Crippen LogP contribution in [0.4, 0.5) is 0 Å². The minimum Gasteiger partial charge on any atom is -0.455 e. The van der Waals surface area contributed by atoms with Crippen LogP contribution < -0.4 is 4.57 Å². The summed E-state index contributed by atoms with van der Waals surface area (Å²) in [7, 11) is 1.88. The number of para-hydroxylation sites is 2. The van der Waals surface area contributed by atoms with Crippen molar-refractivity contribution in [1.29, 1.82) is 0 Å². The molecule has 0 saturated carbocycles. The maximum atomic E-state index is 7.85. The van der Waals surface area contributed by atoms with Crippen molar-refractivity contribution in [2.24, 2.45) is 7.05 Å². The summed E-state index contributed by atoms with van der Waals surface area (Å²) >= 11 is 0. The van der Waals surface area contributed by atoms with Gasteiger partial charge in [-0.3, -0.25) is 0 Å². The van der Waals surface area contributed by atoms with E-state index in [-0.39, 0.29) is 0 Å². The molecular weight excluding hydrogens is 502 g/mol. The van der Waals surface area contributed by atoms with Crippen LogP contribution in [0.3, 0.4) is 0 Å². The third-order valence-electron chi connectivity index (χ3n) is 8.14. The van der Waals surface area contributed by atoms with Gasteiger partial charge in [0.05, 0.1) is 5.56 Å². The van der Waals surface area contributed by atoms with Gasteiger partial charge in [0.2, 0.25) is 5.69 Å². The summed E-state index contributed by atoms with van der Waals surface area (Å²) in [4.78, 5) is 0. The number of rotatable bonds is 3. The fraction of sp³-hybridized carbons (Fsp3) is 0.0789. The smallest absolute Gasteiger partial charge is 0.216 e. The average molecular weight is 534 g/mol. The van der Waals surface area contributed by atoms with Crippen LogP contribution in [0.5, 0.6) is 0 Å². The predicted molar refractivity (Wildman–Crippen MR) is 168 cm³/mol. The van der Waals surface area contributed by atoms with Gasteiger partial charge in [0.15, 0.2) is 6.20 Å². The molecule has 0 amide bonds. The highest BCUT2D eigenvalue weighted by atomic mass is 16.3. The van der Waals surface area contributed by atoms with Crippen LogP contribution in [0.1, 0.15) is 15.2 Å². The highest BCUT2D eigenvalue weighted by molar-refractivity contribution is 6.15. The number of furan rings is 2. The molecule has 0 fully saturated rings. The van der Waals surface area contributed by atoms with E-state index in [2.05, 4.69) is 67.6 Å². The van der Waals surface area contributed by atoms with Crippen molar-refractivity contribution in [3.05, 3.63) is 127 Å². The number of aryl methyl sites for hydroxylation is 3. The summed E-state index contributed by atoms with van der Waals surface area (Å²) < 4.78 is 38.7. The van der Waals surface area contributed by atoms with Gasteiger partial charge in [-0.15, -0.1) is 0 Å². The van der Waals surface area contributed by atoms with Gasteiger partial charge in [-0.25, -0.2) is 4.57 Å². The third kappa shape index (κ3) is 3.63. The predicted octanol–water partition coefficient (Wildman–Crippen LogP) is 9.93. The summed E-state index contributed by atoms with van der Waals surface area (Å²) in [6.07, 6.45) is 1.68. The van der Waals surface area contributed by atoms with E-state index in [9.17, 15) is 0 Å². The first kappa shape index (κ1) is 20.7. The quantitative estimate of drug-likeness (QED) is 0.212. The summed E-state index contributed by atoms with van der Waals surface area (Å²) in [6.45, 7) is -0.115. The molecular formula is C38H28NO2+. The van der Waals surface area contributed by atoms with Crippen LogP contribution in [0.25, 0.3) is 77.4 Å². The zero-order chi connectivity index (χ0) is 30.2. The second kappa shape index (κ2) is 8.94. The van der Waals surface area contributed by atoms with Crippen molar-refractivity contribution in [3.63, 3.8) is 0 Å². The van der Waals surface area contributed by atoms with Crippen LogP contribution in [0.2, 0.25) is 0 Å². The van der Waals surface area contributed by atoms with E-state index >= 15 is 0 Å². The molecule has 0 spiro atoms. The minimum atomic E-state index is -2.17. The topological polar surface area (TPSA) is 30.2 Å². The van der Waals surface area contributed by atoms with Crippen LogP contribution in [0.15, 0.2) is 124 Å². The molecule has 0 bridgehead atoms. The molecule has 3 aromatic heterocycles. The molecule has 3 heteroatoms. The standard InChI is InChI=1S/C38H28NO2/c1-23-16-19-33(39(3)22-23)35-24(2)17-18-30-29-14-9-13-27(36(29)41-38(30)35)26-20-31(25-10-5-4-6-11-25)37-32(21-26)28-12-7-8-15-34(28)40-37/h4-22H,1-3H3/q+1/i1D3. The molecule has 0 radical (unpaired) electrons. The first-order valence-corrected chi connectivity index (χ1v) is 13.7. The van der Waals surface area contributed by atoms with E-state index < -0.39 is 6.85 Å². The Morgan fingerprint density at radius 1 is 0.610 bits per heavy atom. The SMILES string of the molecule is [2H]C([2H])([2H])c1ccc(-c2c(C)ccc3c2oc2c(-c4cc(-c5ccccc5)c5oc6ccccc6c5c4)cccc23)[n+](C)c1. The third-order valence-corrected chi connectivity index (χ3v) is 8.14. The molecule has 0 aliphatic rings. The maximum absolute atomic E-state index is 7.85. The number of benzene rings is 5. The van der Waals surface area contributed by atoms with Gasteiger partial charge < -0.3 is 8.83 Å². The van der Waals surface area contributed by atoms with Crippen molar-refractivity contribution < 1.29 is 17.5 Å². The molecule has 0 saturated heterocycles. The van der Waals surface area contributed by atoms with Gasteiger partial charge in [0, 0.05) is 48.4 Å². The van der Waals surface area contributed by atoms with Crippen LogP contribution in [-0.4, -0.2) is 0 Å². The number of pyridine rings is 1. The van der Waals surface area contributed by atoms with Crippen molar-refractivity contribution >= 4 is 43.9 Å². The fourth-order valence-corrected chi connectivity index (χ4v) is 6.19. The molecule has 0 atom stereocenters. The van der Waals surface area contributed by atoms with Gasteiger partial charge in [-0.05, 0) is 54.7 Å². The van der Waals surface area contributed by atoms with Gasteiger partial charge in [-0.1, -0.05) is 78.9 Å². The van der Waals surface area contributed by atoms with Gasteiger partial charge in [-0.2, -0.15) is 0 Å². The average Bonchev–Trinajstić information content (AvgIpc) is 3.59. The molecule has 0 aliphatic heterocycles. The molecule has 41 heavy (non-hydrogen) atoms. The highest BCUT2D eigenvalue weighted by Crippen LogP contribution is 2.44. The summed E-state index contributed by atoms with van der Waals surface area (Å²) in [5, 5.41) is 4.17. The molecule has 5 aromatic carbocycles. The number of aromatic nitrogens is 1. The van der Waals surface area contributed by atoms with Gasteiger partial charge >= 0.3 is 0 Å². The molecule has 8 rings (SSSR count). The number of nitrogens with zero attached hydrogens (tertiary/aromatic N) is 1. The Kier molecular flexibility index (Phi) is 4.51. The molecule has 196 valence electrons. The Labute approximate surface area is 242 Å². The molecule has 8 aromatic rings. The Balaban J connectivity index is 1.40. The monoisotopic (exact) mass is 533 g/mol. The summed E-state index contributed by atoms with van der Waals surface area (Å²) in [5.74, 6) is 0. The number of fused-ring (bicyclic) bond motifs is 6. The van der Waals surface area contributed by atoms with E-state index in [0.29, 0.717) is 5.56 Å². The van der Waals surface area contributed by atoms with Crippen LogP contribution >= 0.6 is 0 Å². The zero-order valence-corrected chi connectivity index (χ0v) is 22.7. The number of hydrogen-bond acceptors (Lipinski definition) is 2. The Hall–Kier alpha value is -5.15. The lowest BCUT2D eigenvalue weighted by Gasteiger charge is -2.08. The summed E-state index contributed by atoms with van der Waals surface area (Å²) in [6, 6.07) is 37.0. The lowest BCUT2D eigenvalue weighted by atomic mass is 9.94. The lowest BCUT2D eigenvalue weighted by molar-refractivity contribution is -0.660. The van der Waals surface area contributed by atoms with Gasteiger partial charge in [0.25, 0.3) is 0 Å². The Bertz CT molecular complexity index is 2400. The second-order valence-corrected chi connectivity index (χ2v) is 10.7. The van der Waals surface area contributed by atoms with Crippen LogP contribution in [0, 0.1) is 13.8 Å². The van der Waals surface area contributed by atoms with Crippen molar-refractivity contribution in [1.82, 2.24) is 0 Å². The number of hydrogen-bond donors (Lipinski definition) is 0. The van der Waals surface area contributed by atoms with E-state index in [1.165, 1.54) is 0 Å². The van der Waals surface area contributed by atoms with Gasteiger partial charge in [0.1, 0.15) is 29.4 Å². The fourth-order valence-electron chi connectivity index (χ4n) is 6.19. The minimum absolute atomic E-state index is 0.303. The van der Waals surface area contributed by atoms with E-state index in [1.54, 1.807) is 12.3 Å². The van der Waals surface area contributed by atoms with Crippen molar-refractivity contribution in [3.8, 4) is 33.5 Å². The Morgan fingerprint density at radius 2 is 1.39 bits per heavy atom. The second-order valence-electron chi connectivity index (χ2n) is 10.7. The normalized spacial score (nSPS) is 13.2. The molecule has 0 aliphatic carbocycles. The first-order chi connectivity index (χ1) is 21.3. The lowest BCUT2D eigenvalue weighted by Crippen LogP contribution is -2.31. The van der Waals surface area contributed by atoms with Crippen molar-refractivity contribution in [2.45, 2.75) is 13.8 Å². The summed E-state index contributed by atoms with van der Waals surface area (Å²) in [5.41, 5.74) is 10.6. The first-order valence-electron chi connectivity index (χ1n) is 15.2. The zero-order valence-electron chi connectivity index (χ0n) is 25.7. The van der Waals surface area contributed by atoms with Crippen molar-refractivity contribution in [2.75, 3.05) is 0 Å². The largest absolute Gasteiger partial charge is 0.455 e. The molecule has 3 heterocycles. The van der Waals surface area contributed by atoms with E-state index in [1.807, 2.05) is 54.1 Å². The van der Waals surface area contributed by atoms with Crippen LogP contribution in [-0.2, 0) is 7.05 Å². The van der Waals surface area contributed by atoms with E-state index in [0.717, 1.165) is 83.0 Å². The highest BCUT2D eigenvalue weighted by Gasteiger charge is 2.23. The van der Waals surface area contributed by atoms with E-state index in [4.69, 9.17) is 12.9 Å². The molecule has 0 unspecified atom stereocenters. The molecule has 0 N–H and O–H groups in total. The Morgan fingerprint density at radius 3 is 2.24 bits per heavy atom.